The van der Waals surface area contributed by atoms with Crippen molar-refractivity contribution in [1.29, 1.82) is 0 Å². The Morgan fingerprint density at radius 2 is 2.00 bits per heavy atom. The Balaban J connectivity index is 2.09. The second-order valence-electron chi connectivity index (χ2n) is 4.05. The van der Waals surface area contributed by atoms with Crippen LogP contribution in [-0.4, -0.2) is 0 Å². The summed E-state index contributed by atoms with van der Waals surface area (Å²) in [5.74, 6) is 0.867. The standard InChI is InChI=1S/C14H13BrClNO/c1-9-6-11(15)3-5-14(9)18-8-10-2-4-12(16)13(17)7-10/h2-7H,8,17H2,1H3. The summed E-state index contributed by atoms with van der Waals surface area (Å²) in [6.07, 6.45) is 0. The Kier molecular flexibility index (Phi) is 4.15. The lowest BCUT2D eigenvalue weighted by atomic mass is 10.2. The first kappa shape index (κ1) is 13.2. The molecule has 2 N–H and O–H groups in total. The SMILES string of the molecule is Cc1cc(Br)ccc1OCc1ccc(Cl)c(N)c1. The van der Waals surface area contributed by atoms with Gasteiger partial charge in [-0.1, -0.05) is 33.6 Å². The van der Waals surface area contributed by atoms with Gasteiger partial charge in [0.15, 0.2) is 0 Å². The maximum absolute atomic E-state index is 5.87. The molecule has 94 valence electrons. The number of benzene rings is 2. The van der Waals surface area contributed by atoms with E-state index in [9.17, 15) is 0 Å². The molecule has 0 bridgehead atoms. The predicted octanol–water partition coefficient (Wildman–Crippen LogP) is 4.57. The Bertz CT molecular complexity index is 572. The van der Waals surface area contributed by atoms with Crippen molar-refractivity contribution in [2.24, 2.45) is 0 Å². The van der Waals surface area contributed by atoms with E-state index in [1.165, 1.54) is 0 Å². The average Bonchev–Trinajstić information content (AvgIpc) is 2.32. The second kappa shape index (κ2) is 5.63. The van der Waals surface area contributed by atoms with Crippen molar-refractivity contribution in [3.8, 4) is 5.75 Å². The lowest BCUT2D eigenvalue weighted by molar-refractivity contribution is 0.304. The zero-order valence-electron chi connectivity index (χ0n) is 9.91. The second-order valence-corrected chi connectivity index (χ2v) is 5.38. The summed E-state index contributed by atoms with van der Waals surface area (Å²) in [4.78, 5) is 0. The molecular formula is C14H13BrClNO. The Morgan fingerprint density at radius 3 is 2.67 bits per heavy atom. The highest BCUT2D eigenvalue weighted by Crippen LogP contribution is 2.24. The number of hydrogen-bond acceptors (Lipinski definition) is 2. The molecule has 18 heavy (non-hydrogen) atoms. The predicted molar refractivity (Wildman–Crippen MR) is 79.1 cm³/mol. The van der Waals surface area contributed by atoms with Crippen LogP contribution in [-0.2, 0) is 6.61 Å². The van der Waals surface area contributed by atoms with E-state index in [0.717, 1.165) is 21.3 Å². The average molecular weight is 327 g/mol. The van der Waals surface area contributed by atoms with E-state index < -0.39 is 0 Å². The smallest absolute Gasteiger partial charge is 0.122 e. The van der Waals surface area contributed by atoms with Crippen LogP contribution >= 0.6 is 27.5 Å². The van der Waals surface area contributed by atoms with Crippen molar-refractivity contribution in [2.75, 3.05) is 5.73 Å². The normalized spacial score (nSPS) is 10.4. The number of ether oxygens (including phenoxy) is 1. The molecule has 0 fully saturated rings. The van der Waals surface area contributed by atoms with E-state index in [-0.39, 0.29) is 0 Å². The molecular weight excluding hydrogens is 314 g/mol. The van der Waals surface area contributed by atoms with Crippen molar-refractivity contribution >= 4 is 33.2 Å². The molecule has 0 heterocycles. The third kappa shape index (κ3) is 3.18. The van der Waals surface area contributed by atoms with Crippen molar-refractivity contribution in [3.05, 3.63) is 57.0 Å². The fraction of sp³-hybridized carbons (Fsp3) is 0.143. The fourth-order valence-electron chi connectivity index (χ4n) is 1.62. The summed E-state index contributed by atoms with van der Waals surface area (Å²) in [5, 5.41) is 0.568. The molecule has 0 aliphatic heterocycles. The third-order valence-electron chi connectivity index (χ3n) is 2.59. The van der Waals surface area contributed by atoms with Crippen LogP contribution in [0.1, 0.15) is 11.1 Å². The van der Waals surface area contributed by atoms with E-state index in [1.54, 1.807) is 6.07 Å². The van der Waals surface area contributed by atoms with Crippen molar-refractivity contribution < 1.29 is 4.74 Å². The molecule has 0 amide bonds. The van der Waals surface area contributed by atoms with Gasteiger partial charge in [-0.05, 0) is 48.4 Å². The Hall–Kier alpha value is -1.19. The summed E-state index contributed by atoms with van der Waals surface area (Å²) >= 11 is 9.29. The molecule has 0 saturated heterocycles. The minimum absolute atomic E-state index is 0.476. The number of anilines is 1. The molecule has 0 aliphatic rings. The minimum atomic E-state index is 0.476. The van der Waals surface area contributed by atoms with Crippen LogP contribution in [0, 0.1) is 6.92 Å². The van der Waals surface area contributed by atoms with Gasteiger partial charge in [-0.25, -0.2) is 0 Å². The summed E-state index contributed by atoms with van der Waals surface area (Å²) in [7, 11) is 0. The van der Waals surface area contributed by atoms with E-state index in [2.05, 4.69) is 15.9 Å². The van der Waals surface area contributed by atoms with Crippen molar-refractivity contribution in [3.63, 3.8) is 0 Å². The molecule has 2 nitrogen and oxygen atoms in total. The maximum atomic E-state index is 5.87. The zero-order chi connectivity index (χ0) is 13.1. The number of aryl methyl sites for hydroxylation is 1. The van der Waals surface area contributed by atoms with Crippen molar-refractivity contribution in [1.82, 2.24) is 0 Å². The topological polar surface area (TPSA) is 35.2 Å². The zero-order valence-corrected chi connectivity index (χ0v) is 12.3. The van der Waals surface area contributed by atoms with Crippen LogP contribution in [0.5, 0.6) is 5.75 Å². The van der Waals surface area contributed by atoms with E-state index in [1.807, 2.05) is 37.3 Å². The van der Waals surface area contributed by atoms with Gasteiger partial charge in [-0.2, -0.15) is 0 Å². The highest BCUT2D eigenvalue weighted by Gasteiger charge is 2.02. The van der Waals surface area contributed by atoms with Gasteiger partial charge >= 0.3 is 0 Å². The Labute approximate surface area is 120 Å². The number of nitrogen functional groups attached to an aromatic ring is 1. The van der Waals surface area contributed by atoms with Crippen LogP contribution < -0.4 is 10.5 Å². The number of nitrogens with two attached hydrogens (primary N) is 1. The lowest BCUT2D eigenvalue weighted by Gasteiger charge is -2.10. The molecule has 4 heteroatoms. The Morgan fingerprint density at radius 1 is 1.22 bits per heavy atom. The largest absolute Gasteiger partial charge is 0.489 e. The highest BCUT2D eigenvalue weighted by atomic mass is 79.9. The van der Waals surface area contributed by atoms with Crippen LogP contribution in [0.3, 0.4) is 0 Å². The third-order valence-corrected chi connectivity index (χ3v) is 3.43. The van der Waals surface area contributed by atoms with Gasteiger partial charge in [0.1, 0.15) is 12.4 Å². The molecule has 0 atom stereocenters. The number of hydrogen-bond donors (Lipinski definition) is 1. The molecule has 0 unspecified atom stereocenters. The molecule has 0 aliphatic carbocycles. The summed E-state index contributed by atoms with van der Waals surface area (Å²) in [6, 6.07) is 11.4. The molecule has 0 aromatic heterocycles. The summed E-state index contributed by atoms with van der Waals surface area (Å²) in [6.45, 7) is 2.49. The number of halogens is 2. The molecule has 2 aromatic rings. The first-order chi connectivity index (χ1) is 8.56. The van der Waals surface area contributed by atoms with Crippen LogP contribution in [0.2, 0.25) is 5.02 Å². The van der Waals surface area contributed by atoms with Crippen LogP contribution in [0.4, 0.5) is 5.69 Å². The molecule has 0 spiro atoms. The first-order valence-corrected chi connectivity index (χ1v) is 6.66. The van der Waals surface area contributed by atoms with Crippen LogP contribution in [0.25, 0.3) is 0 Å². The molecule has 2 rings (SSSR count). The summed E-state index contributed by atoms with van der Waals surface area (Å²) in [5.41, 5.74) is 8.41. The fourth-order valence-corrected chi connectivity index (χ4v) is 2.21. The maximum Gasteiger partial charge on any atom is 0.122 e. The summed E-state index contributed by atoms with van der Waals surface area (Å²) < 4.78 is 6.80. The molecule has 0 saturated carbocycles. The monoisotopic (exact) mass is 325 g/mol. The van der Waals surface area contributed by atoms with Gasteiger partial charge in [-0.15, -0.1) is 0 Å². The molecule has 2 aromatic carbocycles. The van der Waals surface area contributed by atoms with Gasteiger partial charge in [0.05, 0.1) is 10.7 Å². The van der Waals surface area contributed by atoms with Gasteiger partial charge in [0.2, 0.25) is 0 Å². The van der Waals surface area contributed by atoms with Gasteiger partial charge in [-0.3, -0.25) is 0 Å². The molecule has 0 radical (unpaired) electrons. The highest BCUT2D eigenvalue weighted by molar-refractivity contribution is 9.10. The van der Waals surface area contributed by atoms with Crippen LogP contribution in [0.15, 0.2) is 40.9 Å². The van der Waals surface area contributed by atoms with Gasteiger partial charge in [0, 0.05) is 4.47 Å². The van der Waals surface area contributed by atoms with Crippen molar-refractivity contribution in [2.45, 2.75) is 13.5 Å². The first-order valence-electron chi connectivity index (χ1n) is 5.49. The number of rotatable bonds is 3. The lowest BCUT2D eigenvalue weighted by Crippen LogP contribution is -1.98. The van der Waals surface area contributed by atoms with E-state index >= 15 is 0 Å². The van der Waals surface area contributed by atoms with E-state index in [0.29, 0.717) is 17.3 Å². The minimum Gasteiger partial charge on any atom is -0.489 e. The van der Waals surface area contributed by atoms with E-state index in [4.69, 9.17) is 22.1 Å². The van der Waals surface area contributed by atoms with Gasteiger partial charge in [0.25, 0.3) is 0 Å². The van der Waals surface area contributed by atoms with Gasteiger partial charge < -0.3 is 10.5 Å². The quantitative estimate of drug-likeness (QED) is 0.838.